The van der Waals surface area contributed by atoms with E-state index < -0.39 is 0 Å². The van der Waals surface area contributed by atoms with Gasteiger partial charge in [-0.2, -0.15) is 0 Å². The van der Waals surface area contributed by atoms with E-state index in [1.807, 2.05) is 18.2 Å². The fourth-order valence-electron chi connectivity index (χ4n) is 7.44. The van der Waals surface area contributed by atoms with Crippen LogP contribution in [0.5, 0.6) is 0 Å². The van der Waals surface area contributed by atoms with Gasteiger partial charge in [-0.15, -0.1) is 0 Å². The molecule has 0 saturated carbocycles. The fraction of sp³-hybridized carbons (Fsp3) is 0. The highest BCUT2D eigenvalue weighted by Crippen LogP contribution is 2.40. The van der Waals surface area contributed by atoms with Crippen LogP contribution in [0.2, 0.25) is 0 Å². The highest BCUT2D eigenvalue weighted by Gasteiger charge is 2.16. The van der Waals surface area contributed by atoms with Gasteiger partial charge in [0.2, 0.25) is 0 Å². The van der Waals surface area contributed by atoms with Crippen molar-refractivity contribution in [1.29, 1.82) is 0 Å². The van der Waals surface area contributed by atoms with Crippen LogP contribution in [0.15, 0.2) is 188 Å². The summed E-state index contributed by atoms with van der Waals surface area (Å²) in [5.74, 6) is 0. The molecule has 3 heteroatoms. The van der Waals surface area contributed by atoms with E-state index >= 15 is 0 Å². The van der Waals surface area contributed by atoms with Gasteiger partial charge in [-0.25, -0.2) is 15.0 Å². The van der Waals surface area contributed by atoms with Gasteiger partial charge in [-0.1, -0.05) is 170 Å². The molecular weight excluding hydrogens is 631 g/mol. The Bertz CT molecular complexity index is 2920. The number of aromatic nitrogens is 3. The lowest BCUT2D eigenvalue weighted by Gasteiger charge is -2.15. The van der Waals surface area contributed by atoms with Crippen LogP contribution in [-0.4, -0.2) is 15.0 Å². The molecule has 0 aliphatic heterocycles. The summed E-state index contributed by atoms with van der Waals surface area (Å²) in [4.78, 5) is 15.6. The van der Waals surface area contributed by atoms with Crippen molar-refractivity contribution in [3.63, 3.8) is 0 Å². The Balaban J connectivity index is 1.07. The molecule has 0 spiro atoms. The molecule has 0 N–H and O–H groups in total. The van der Waals surface area contributed by atoms with Crippen LogP contribution in [0.25, 0.3) is 99.5 Å². The average Bonchev–Trinajstić information content (AvgIpc) is 3.23. The standard InChI is InChI=1S/C49H31N3/c1-4-11-33(12-5-1)40-17-10-18-42-46(40)41-28-25-39(31-45(41)52-47(42)36-15-8-3-9-16-36)32-19-21-35(22-20-32)44-30-27-38-24-23-37-26-29-43(34-13-6-2-7-14-34)50-48(37)49(38)51-44/h1-31H. The second-order valence-electron chi connectivity index (χ2n) is 13.2. The monoisotopic (exact) mass is 661 g/mol. The topological polar surface area (TPSA) is 38.7 Å². The van der Waals surface area contributed by atoms with Gasteiger partial charge >= 0.3 is 0 Å². The predicted octanol–water partition coefficient (Wildman–Crippen LogP) is 12.8. The first kappa shape index (κ1) is 29.9. The second kappa shape index (κ2) is 12.4. The minimum atomic E-state index is 0.911. The minimum absolute atomic E-state index is 0.911. The number of hydrogen-bond acceptors (Lipinski definition) is 3. The predicted molar refractivity (Wildman–Crippen MR) is 217 cm³/mol. The summed E-state index contributed by atoms with van der Waals surface area (Å²) in [5, 5.41) is 5.67. The highest BCUT2D eigenvalue weighted by molar-refractivity contribution is 6.17. The molecule has 52 heavy (non-hydrogen) atoms. The summed E-state index contributed by atoms with van der Waals surface area (Å²) in [6.07, 6.45) is 0. The number of fused-ring (bicyclic) bond motifs is 6. The van der Waals surface area contributed by atoms with Crippen LogP contribution in [0.1, 0.15) is 0 Å². The third kappa shape index (κ3) is 5.19. The van der Waals surface area contributed by atoms with Gasteiger partial charge in [0.15, 0.2) is 0 Å². The average molecular weight is 662 g/mol. The van der Waals surface area contributed by atoms with Crippen molar-refractivity contribution in [2.24, 2.45) is 0 Å². The zero-order chi connectivity index (χ0) is 34.4. The van der Waals surface area contributed by atoms with E-state index in [1.165, 1.54) is 16.5 Å². The molecule has 0 bridgehead atoms. The minimum Gasteiger partial charge on any atom is -0.247 e. The van der Waals surface area contributed by atoms with E-state index in [4.69, 9.17) is 15.0 Å². The number of nitrogens with zero attached hydrogens (tertiary/aromatic N) is 3. The van der Waals surface area contributed by atoms with Crippen LogP contribution in [0, 0.1) is 0 Å². The molecule has 0 unspecified atom stereocenters. The lowest BCUT2D eigenvalue weighted by Crippen LogP contribution is -1.93. The number of rotatable bonds is 5. The summed E-state index contributed by atoms with van der Waals surface area (Å²) in [6, 6.07) is 66.2. The summed E-state index contributed by atoms with van der Waals surface area (Å²) in [7, 11) is 0. The molecule has 7 aromatic carbocycles. The number of benzene rings is 7. The van der Waals surface area contributed by atoms with Gasteiger partial charge in [0.05, 0.1) is 33.6 Å². The smallest absolute Gasteiger partial charge is 0.0972 e. The zero-order valence-electron chi connectivity index (χ0n) is 28.2. The van der Waals surface area contributed by atoms with Crippen LogP contribution in [0.3, 0.4) is 0 Å². The molecule has 0 fully saturated rings. The molecule has 3 aromatic heterocycles. The fourth-order valence-corrected chi connectivity index (χ4v) is 7.44. The van der Waals surface area contributed by atoms with Crippen LogP contribution >= 0.6 is 0 Å². The Morgan fingerprint density at radius 1 is 0.308 bits per heavy atom. The molecule has 10 aromatic rings. The summed E-state index contributed by atoms with van der Waals surface area (Å²) < 4.78 is 0. The van der Waals surface area contributed by atoms with Crippen molar-refractivity contribution in [2.45, 2.75) is 0 Å². The number of hydrogen-bond donors (Lipinski definition) is 0. The van der Waals surface area contributed by atoms with E-state index in [1.54, 1.807) is 0 Å². The first-order chi connectivity index (χ1) is 25.8. The normalized spacial score (nSPS) is 11.5. The Hall–Kier alpha value is -6.97. The molecule has 0 saturated heterocycles. The van der Waals surface area contributed by atoms with Crippen molar-refractivity contribution in [2.75, 3.05) is 0 Å². The van der Waals surface area contributed by atoms with Gasteiger partial charge in [0, 0.05) is 43.6 Å². The molecule has 0 atom stereocenters. The van der Waals surface area contributed by atoms with Crippen LogP contribution in [0.4, 0.5) is 0 Å². The second-order valence-corrected chi connectivity index (χ2v) is 13.2. The quantitative estimate of drug-likeness (QED) is 0.172. The largest absolute Gasteiger partial charge is 0.247 e. The van der Waals surface area contributed by atoms with E-state index in [0.29, 0.717) is 0 Å². The molecule has 0 radical (unpaired) electrons. The molecule has 242 valence electrons. The van der Waals surface area contributed by atoms with E-state index in [-0.39, 0.29) is 0 Å². The first-order valence-electron chi connectivity index (χ1n) is 17.6. The number of pyridine rings is 3. The van der Waals surface area contributed by atoms with E-state index in [0.717, 1.165) is 83.0 Å². The van der Waals surface area contributed by atoms with Gasteiger partial charge in [0.1, 0.15) is 0 Å². The Morgan fingerprint density at radius 2 is 0.827 bits per heavy atom. The van der Waals surface area contributed by atoms with Crippen molar-refractivity contribution in [3.05, 3.63) is 188 Å². The molecule has 3 heterocycles. The maximum atomic E-state index is 5.32. The molecule has 10 rings (SSSR count). The van der Waals surface area contributed by atoms with E-state index in [2.05, 4.69) is 170 Å². The lowest BCUT2D eigenvalue weighted by molar-refractivity contribution is 1.36. The molecule has 0 aliphatic rings. The van der Waals surface area contributed by atoms with Gasteiger partial charge < -0.3 is 0 Å². The highest BCUT2D eigenvalue weighted by atomic mass is 14.8. The van der Waals surface area contributed by atoms with Crippen molar-refractivity contribution >= 4 is 43.5 Å². The summed E-state index contributed by atoms with van der Waals surface area (Å²) in [6.45, 7) is 0. The maximum Gasteiger partial charge on any atom is 0.0972 e. The van der Waals surface area contributed by atoms with Gasteiger partial charge in [-0.05, 0) is 40.5 Å². The Morgan fingerprint density at radius 3 is 1.46 bits per heavy atom. The van der Waals surface area contributed by atoms with Gasteiger partial charge in [0.25, 0.3) is 0 Å². The van der Waals surface area contributed by atoms with Crippen molar-refractivity contribution in [1.82, 2.24) is 15.0 Å². The van der Waals surface area contributed by atoms with Crippen molar-refractivity contribution < 1.29 is 0 Å². The summed E-state index contributed by atoms with van der Waals surface area (Å²) >= 11 is 0. The molecular formula is C49H31N3. The molecule has 0 amide bonds. The third-order valence-electron chi connectivity index (χ3n) is 10.1. The Kier molecular flexibility index (Phi) is 7.14. The molecule has 3 nitrogen and oxygen atoms in total. The van der Waals surface area contributed by atoms with Crippen molar-refractivity contribution in [3.8, 4) is 56.0 Å². The first-order valence-corrected chi connectivity index (χ1v) is 17.6. The third-order valence-corrected chi connectivity index (χ3v) is 10.1. The summed E-state index contributed by atoms with van der Waals surface area (Å²) in [5.41, 5.74) is 13.6. The van der Waals surface area contributed by atoms with E-state index in [9.17, 15) is 0 Å². The Labute approximate surface area is 301 Å². The molecule has 0 aliphatic carbocycles. The zero-order valence-corrected chi connectivity index (χ0v) is 28.2. The maximum absolute atomic E-state index is 5.32. The van der Waals surface area contributed by atoms with Crippen LogP contribution in [-0.2, 0) is 0 Å². The lowest BCUT2D eigenvalue weighted by atomic mass is 9.92. The van der Waals surface area contributed by atoms with Gasteiger partial charge in [-0.3, -0.25) is 0 Å². The SMILES string of the molecule is c1ccc(-c2ccc3ccc4ccc(-c5ccc(-c6ccc7c(c6)nc(-c6ccccc6)c6cccc(-c8ccccc8)c67)cc5)nc4c3n2)cc1. The van der Waals surface area contributed by atoms with Crippen LogP contribution < -0.4 is 0 Å².